The van der Waals surface area contributed by atoms with E-state index >= 15 is 0 Å². The lowest BCUT2D eigenvalue weighted by atomic mass is 10.3. The van der Waals surface area contributed by atoms with E-state index in [2.05, 4.69) is 20.4 Å². The third-order valence-corrected chi connectivity index (χ3v) is 8.22. The maximum absolute atomic E-state index is 11.2. The van der Waals surface area contributed by atoms with Gasteiger partial charge >= 0.3 is 5.97 Å². The molecule has 0 aromatic heterocycles. The Balaban J connectivity index is 3.87. The van der Waals surface area contributed by atoms with Crippen molar-refractivity contribution < 1.29 is 14.0 Å². The Labute approximate surface area is 113 Å². The second-order valence-corrected chi connectivity index (χ2v) is 9.35. The molecule has 0 bridgehead atoms. The Bertz CT molecular complexity index is 260. The lowest BCUT2D eigenvalue weighted by molar-refractivity contribution is -0.139. The predicted molar refractivity (Wildman–Crippen MR) is 78.2 cm³/mol. The van der Waals surface area contributed by atoms with Crippen molar-refractivity contribution in [1.82, 2.24) is 0 Å². The molecule has 0 saturated heterocycles. The topological polar surface area (TPSA) is 35.5 Å². The van der Waals surface area contributed by atoms with E-state index in [0.717, 1.165) is 12.8 Å². The van der Waals surface area contributed by atoms with E-state index in [4.69, 9.17) is 9.16 Å². The summed E-state index contributed by atoms with van der Waals surface area (Å²) in [6.07, 6.45) is 3.19. The zero-order chi connectivity index (χ0) is 14.0. The number of rotatable bonds is 10. The number of hydrogen-bond donors (Lipinski definition) is 0. The number of ether oxygens (including phenoxy) is 1. The van der Waals surface area contributed by atoms with Crippen molar-refractivity contribution in [1.29, 1.82) is 0 Å². The van der Waals surface area contributed by atoms with Crippen LogP contribution in [0.5, 0.6) is 0 Å². The first kappa shape index (κ1) is 17.4. The van der Waals surface area contributed by atoms with Gasteiger partial charge in [-0.25, -0.2) is 4.79 Å². The highest BCUT2D eigenvalue weighted by Crippen LogP contribution is 2.25. The molecule has 0 heterocycles. The molecule has 0 radical (unpaired) electrons. The minimum Gasteiger partial charge on any atom is -0.462 e. The van der Waals surface area contributed by atoms with Gasteiger partial charge in [0.1, 0.15) is 0 Å². The van der Waals surface area contributed by atoms with Crippen molar-refractivity contribution in [3.63, 3.8) is 0 Å². The summed E-state index contributed by atoms with van der Waals surface area (Å²) in [4.78, 5) is 11.2. The zero-order valence-corrected chi connectivity index (χ0v) is 13.4. The molecule has 0 fully saturated rings. The number of esters is 1. The molecule has 1 atom stereocenters. The molecule has 3 nitrogen and oxygen atoms in total. The predicted octanol–water partition coefficient (Wildman–Crippen LogP) is 3.91. The summed E-state index contributed by atoms with van der Waals surface area (Å²) in [5.41, 5.74) is 0.468. The highest BCUT2D eigenvalue weighted by Gasteiger charge is 2.29. The lowest BCUT2D eigenvalue weighted by Crippen LogP contribution is -2.35. The molecule has 0 aromatic rings. The average Bonchev–Trinajstić information content (AvgIpc) is 2.36. The summed E-state index contributed by atoms with van der Waals surface area (Å²) < 4.78 is 10.9. The normalized spacial score (nSPS) is 14.0. The van der Waals surface area contributed by atoms with Crippen molar-refractivity contribution in [3.8, 4) is 0 Å². The van der Waals surface area contributed by atoms with Gasteiger partial charge in [-0.3, -0.25) is 0 Å². The molecule has 0 spiro atoms. The maximum atomic E-state index is 11.2. The molecule has 0 N–H and O–H groups in total. The van der Waals surface area contributed by atoms with E-state index in [1.807, 2.05) is 7.11 Å². The fourth-order valence-corrected chi connectivity index (χ4v) is 5.58. The standard InChI is InChI=1S/C14H28O3Si/c1-6-11-18(7-2,16-5)12-9-8-10-17-14(15)13(3)4/h3,6-12H2,1-2,4-5H3. The van der Waals surface area contributed by atoms with Crippen LogP contribution < -0.4 is 0 Å². The van der Waals surface area contributed by atoms with E-state index in [1.54, 1.807) is 6.92 Å². The van der Waals surface area contributed by atoms with Crippen LogP contribution >= 0.6 is 0 Å². The summed E-state index contributed by atoms with van der Waals surface area (Å²) in [5, 5.41) is 0. The smallest absolute Gasteiger partial charge is 0.333 e. The molecule has 0 amide bonds. The van der Waals surface area contributed by atoms with Gasteiger partial charge in [0.2, 0.25) is 0 Å². The molecular formula is C14H28O3Si. The van der Waals surface area contributed by atoms with Crippen molar-refractivity contribution in [2.75, 3.05) is 13.7 Å². The van der Waals surface area contributed by atoms with Gasteiger partial charge < -0.3 is 9.16 Å². The van der Waals surface area contributed by atoms with Gasteiger partial charge in [-0.15, -0.1) is 0 Å². The van der Waals surface area contributed by atoms with E-state index in [9.17, 15) is 4.79 Å². The van der Waals surface area contributed by atoms with Crippen LogP contribution in [0.2, 0.25) is 18.1 Å². The minimum atomic E-state index is -1.50. The van der Waals surface area contributed by atoms with E-state index in [1.165, 1.54) is 24.6 Å². The fourth-order valence-electron chi connectivity index (χ4n) is 2.12. The molecule has 0 aliphatic carbocycles. The van der Waals surface area contributed by atoms with Crippen LogP contribution in [0.1, 0.15) is 40.0 Å². The summed E-state index contributed by atoms with van der Waals surface area (Å²) >= 11 is 0. The van der Waals surface area contributed by atoms with Crippen LogP contribution in [0.3, 0.4) is 0 Å². The van der Waals surface area contributed by atoms with Crippen molar-refractivity contribution in [3.05, 3.63) is 12.2 Å². The first-order valence-electron chi connectivity index (χ1n) is 6.89. The monoisotopic (exact) mass is 272 g/mol. The lowest BCUT2D eigenvalue weighted by Gasteiger charge is -2.28. The van der Waals surface area contributed by atoms with Crippen LogP contribution in [-0.4, -0.2) is 28.0 Å². The molecule has 4 heteroatoms. The van der Waals surface area contributed by atoms with Crippen molar-refractivity contribution >= 4 is 14.3 Å². The van der Waals surface area contributed by atoms with Gasteiger partial charge in [-0.1, -0.05) is 33.3 Å². The van der Waals surface area contributed by atoms with Gasteiger partial charge in [0, 0.05) is 12.7 Å². The third kappa shape index (κ3) is 6.35. The summed E-state index contributed by atoms with van der Waals surface area (Å²) in [6.45, 7) is 10.2. The quantitative estimate of drug-likeness (QED) is 0.262. The van der Waals surface area contributed by atoms with Gasteiger partial charge in [0.05, 0.1) is 6.61 Å². The number of hydrogen-bond acceptors (Lipinski definition) is 3. The van der Waals surface area contributed by atoms with E-state index in [0.29, 0.717) is 12.2 Å². The number of carbonyl (C=O) groups is 1. The van der Waals surface area contributed by atoms with Gasteiger partial charge in [-0.2, -0.15) is 0 Å². The zero-order valence-electron chi connectivity index (χ0n) is 12.4. The molecule has 0 aromatic carbocycles. The largest absolute Gasteiger partial charge is 0.462 e. The molecule has 18 heavy (non-hydrogen) atoms. The molecule has 0 saturated carbocycles. The molecule has 106 valence electrons. The summed E-state index contributed by atoms with van der Waals surface area (Å²) in [6, 6.07) is 3.56. The summed E-state index contributed by atoms with van der Waals surface area (Å²) in [5.74, 6) is -0.283. The first-order valence-corrected chi connectivity index (χ1v) is 9.42. The SMILES string of the molecule is C=C(C)C(=O)OCCCC[Si](CC)(CCC)OC. The van der Waals surface area contributed by atoms with Crippen LogP contribution in [0, 0.1) is 0 Å². The van der Waals surface area contributed by atoms with Gasteiger partial charge in [0.25, 0.3) is 0 Å². The Hall–Kier alpha value is -0.613. The molecule has 0 aliphatic rings. The minimum absolute atomic E-state index is 0.283. The van der Waals surface area contributed by atoms with Crippen LogP contribution in [0.15, 0.2) is 12.2 Å². The average molecular weight is 272 g/mol. The van der Waals surface area contributed by atoms with Crippen molar-refractivity contribution in [2.45, 2.75) is 58.2 Å². The Morgan fingerprint density at radius 2 is 1.89 bits per heavy atom. The molecular weight excluding hydrogens is 244 g/mol. The van der Waals surface area contributed by atoms with Gasteiger partial charge in [-0.05, 0) is 31.5 Å². The second-order valence-electron chi connectivity index (χ2n) is 4.86. The molecule has 0 aliphatic heterocycles. The maximum Gasteiger partial charge on any atom is 0.333 e. The molecule has 1 unspecified atom stereocenters. The second kappa shape index (κ2) is 9.33. The van der Waals surface area contributed by atoms with Crippen LogP contribution in [0.25, 0.3) is 0 Å². The molecule has 0 rings (SSSR count). The highest BCUT2D eigenvalue weighted by atomic mass is 28.4. The fraction of sp³-hybridized carbons (Fsp3) is 0.786. The first-order chi connectivity index (χ1) is 8.51. The van der Waals surface area contributed by atoms with E-state index < -0.39 is 8.32 Å². The number of unbranched alkanes of at least 4 members (excludes halogenated alkanes) is 1. The van der Waals surface area contributed by atoms with Crippen LogP contribution in [0.4, 0.5) is 0 Å². The third-order valence-electron chi connectivity index (χ3n) is 3.39. The highest BCUT2D eigenvalue weighted by molar-refractivity contribution is 6.73. The Morgan fingerprint density at radius 3 is 2.33 bits per heavy atom. The van der Waals surface area contributed by atoms with Crippen LogP contribution in [-0.2, 0) is 14.0 Å². The summed E-state index contributed by atoms with van der Waals surface area (Å²) in [7, 11) is 0.353. The number of carbonyl (C=O) groups excluding carboxylic acids is 1. The van der Waals surface area contributed by atoms with Crippen molar-refractivity contribution in [2.24, 2.45) is 0 Å². The van der Waals surface area contributed by atoms with Gasteiger partial charge in [0.15, 0.2) is 8.32 Å². The Kier molecular flexibility index (Phi) is 9.02. The van der Waals surface area contributed by atoms with E-state index in [-0.39, 0.29) is 5.97 Å². The Morgan fingerprint density at radius 1 is 1.22 bits per heavy atom.